The maximum Gasteiger partial charge on any atom is 0.358 e. The van der Waals surface area contributed by atoms with Crippen molar-refractivity contribution in [2.75, 3.05) is 6.61 Å². The zero-order valence-electron chi connectivity index (χ0n) is 8.68. The number of hydrogen-bond donors (Lipinski definition) is 0. The van der Waals surface area contributed by atoms with Gasteiger partial charge in [0, 0.05) is 12.3 Å². The number of carbonyl (C=O) groups is 1. The van der Waals surface area contributed by atoms with Gasteiger partial charge in [0.2, 0.25) is 0 Å². The first kappa shape index (κ1) is 10.9. The van der Waals surface area contributed by atoms with E-state index in [2.05, 4.69) is 10.1 Å². The lowest BCUT2D eigenvalue weighted by Crippen LogP contribution is -2.06. The van der Waals surface area contributed by atoms with E-state index in [0.29, 0.717) is 18.1 Å². The quantitative estimate of drug-likeness (QED) is 0.604. The molecule has 0 aromatic carbocycles. The molecule has 84 valence electrons. The minimum absolute atomic E-state index is 0.243. The van der Waals surface area contributed by atoms with Gasteiger partial charge in [0.1, 0.15) is 0 Å². The van der Waals surface area contributed by atoms with Gasteiger partial charge in [-0.1, -0.05) is 0 Å². The van der Waals surface area contributed by atoms with Gasteiger partial charge in [0.15, 0.2) is 11.3 Å². The van der Waals surface area contributed by atoms with Crippen molar-refractivity contribution < 1.29 is 9.53 Å². The zero-order chi connectivity index (χ0) is 11.5. The summed E-state index contributed by atoms with van der Waals surface area (Å²) in [6.07, 6.45) is 1.63. The average molecular weight is 240 g/mol. The van der Waals surface area contributed by atoms with Crippen LogP contribution in [0.15, 0.2) is 18.3 Å². The fraction of sp³-hybridized carbons (Fsp3) is 0.300. The van der Waals surface area contributed by atoms with Crippen molar-refractivity contribution >= 4 is 23.2 Å². The van der Waals surface area contributed by atoms with Crippen LogP contribution in [-0.4, -0.2) is 27.2 Å². The summed E-state index contributed by atoms with van der Waals surface area (Å²) in [5.74, 6) is -0.142. The van der Waals surface area contributed by atoms with Gasteiger partial charge in [0.25, 0.3) is 0 Å². The largest absolute Gasteiger partial charge is 0.461 e. The molecule has 0 radical (unpaired) electrons. The zero-order valence-corrected chi connectivity index (χ0v) is 9.44. The summed E-state index contributed by atoms with van der Waals surface area (Å²) in [6, 6.07) is 3.33. The van der Waals surface area contributed by atoms with Gasteiger partial charge in [-0.05, 0) is 13.0 Å². The lowest BCUT2D eigenvalue weighted by molar-refractivity contribution is 0.0519. The molecular weight excluding hydrogens is 230 g/mol. The summed E-state index contributed by atoms with van der Waals surface area (Å²) in [5, 5.41) is 4.10. The molecule has 5 nitrogen and oxygen atoms in total. The van der Waals surface area contributed by atoms with Crippen LogP contribution in [0.1, 0.15) is 23.1 Å². The number of halogens is 1. The molecule has 2 aromatic rings. The van der Waals surface area contributed by atoms with Crippen LogP contribution < -0.4 is 0 Å². The van der Waals surface area contributed by atoms with E-state index < -0.39 is 5.97 Å². The second kappa shape index (κ2) is 4.49. The van der Waals surface area contributed by atoms with Gasteiger partial charge in [-0.15, -0.1) is 11.6 Å². The first-order chi connectivity index (χ1) is 7.76. The van der Waals surface area contributed by atoms with Crippen molar-refractivity contribution in [1.82, 2.24) is 14.6 Å². The molecule has 0 aliphatic carbocycles. The average Bonchev–Trinajstić information content (AvgIpc) is 2.72. The SMILES string of the molecule is CCOC(=O)c1cc2nccc(CCl)n2n1. The van der Waals surface area contributed by atoms with Crippen LogP contribution in [0.4, 0.5) is 0 Å². The molecule has 16 heavy (non-hydrogen) atoms. The third kappa shape index (κ3) is 1.86. The normalized spacial score (nSPS) is 10.6. The molecule has 0 spiro atoms. The van der Waals surface area contributed by atoms with Crippen molar-refractivity contribution in [2.45, 2.75) is 12.8 Å². The van der Waals surface area contributed by atoms with Crippen molar-refractivity contribution in [3.8, 4) is 0 Å². The first-order valence-electron chi connectivity index (χ1n) is 4.83. The monoisotopic (exact) mass is 239 g/mol. The van der Waals surface area contributed by atoms with Gasteiger partial charge in [-0.2, -0.15) is 5.10 Å². The molecule has 0 bridgehead atoms. The summed E-state index contributed by atoms with van der Waals surface area (Å²) in [5.41, 5.74) is 1.61. The summed E-state index contributed by atoms with van der Waals surface area (Å²) in [7, 11) is 0. The first-order valence-corrected chi connectivity index (χ1v) is 5.36. The van der Waals surface area contributed by atoms with Crippen LogP contribution in [-0.2, 0) is 10.6 Å². The van der Waals surface area contributed by atoms with Gasteiger partial charge < -0.3 is 4.74 Å². The fourth-order valence-electron chi connectivity index (χ4n) is 1.35. The molecule has 0 saturated heterocycles. The van der Waals surface area contributed by atoms with Crippen LogP contribution in [0, 0.1) is 0 Å². The Bertz CT molecular complexity index is 524. The molecule has 0 aliphatic heterocycles. The predicted octanol–water partition coefficient (Wildman–Crippen LogP) is 1.64. The molecule has 2 aromatic heterocycles. The molecule has 0 aliphatic rings. The highest BCUT2D eigenvalue weighted by Crippen LogP contribution is 2.09. The van der Waals surface area contributed by atoms with E-state index in [-0.39, 0.29) is 5.69 Å². The maximum absolute atomic E-state index is 11.5. The molecule has 0 fully saturated rings. The number of carbonyl (C=O) groups excluding carboxylic acids is 1. The van der Waals surface area contributed by atoms with Crippen molar-refractivity contribution in [3.63, 3.8) is 0 Å². The Morgan fingerprint density at radius 3 is 3.12 bits per heavy atom. The lowest BCUT2D eigenvalue weighted by atomic mass is 10.4. The van der Waals surface area contributed by atoms with Crippen LogP contribution in [0.25, 0.3) is 5.65 Å². The fourth-order valence-corrected chi connectivity index (χ4v) is 1.55. The van der Waals surface area contributed by atoms with E-state index in [9.17, 15) is 4.79 Å². The highest BCUT2D eigenvalue weighted by atomic mass is 35.5. The molecule has 0 atom stereocenters. The van der Waals surface area contributed by atoms with Crippen molar-refractivity contribution in [1.29, 1.82) is 0 Å². The van der Waals surface area contributed by atoms with Gasteiger partial charge in [-0.25, -0.2) is 14.3 Å². The molecule has 2 rings (SSSR count). The maximum atomic E-state index is 11.5. The van der Waals surface area contributed by atoms with Gasteiger partial charge >= 0.3 is 5.97 Å². The number of ether oxygens (including phenoxy) is 1. The lowest BCUT2D eigenvalue weighted by Gasteiger charge is -1.98. The Morgan fingerprint density at radius 2 is 2.44 bits per heavy atom. The van der Waals surface area contributed by atoms with E-state index in [1.807, 2.05) is 0 Å². The van der Waals surface area contributed by atoms with Crippen molar-refractivity contribution in [2.24, 2.45) is 0 Å². The smallest absolute Gasteiger partial charge is 0.358 e. The summed E-state index contributed by atoms with van der Waals surface area (Å²) in [4.78, 5) is 15.5. The third-order valence-electron chi connectivity index (χ3n) is 2.06. The number of esters is 1. The van der Waals surface area contributed by atoms with Crippen LogP contribution in [0.2, 0.25) is 0 Å². The van der Waals surface area contributed by atoms with Crippen LogP contribution in [0.3, 0.4) is 0 Å². The molecular formula is C10H10ClN3O2. The predicted molar refractivity (Wildman–Crippen MR) is 58.5 cm³/mol. The van der Waals surface area contributed by atoms with E-state index >= 15 is 0 Å². The second-order valence-corrected chi connectivity index (χ2v) is 3.36. The molecule has 0 unspecified atom stereocenters. The van der Waals surface area contributed by atoms with E-state index in [0.717, 1.165) is 5.69 Å². The third-order valence-corrected chi connectivity index (χ3v) is 2.33. The molecule has 0 amide bonds. The number of hydrogen-bond acceptors (Lipinski definition) is 4. The molecule has 6 heteroatoms. The van der Waals surface area contributed by atoms with Gasteiger partial charge in [-0.3, -0.25) is 0 Å². The standard InChI is InChI=1S/C10H10ClN3O2/c1-2-16-10(15)8-5-9-12-4-3-7(6-11)14(9)13-8/h3-5H,2,6H2,1H3. The highest BCUT2D eigenvalue weighted by Gasteiger charge is 2.13. The minimum atomic E-state index is -0.450. The number of rotatable bonds is 3. The highest BCUT2D eigenvalue weighted by molar-refractivity contribution is 6.16. The Morgan fingerprint density at radius 1 is 1.62 bits per heavy atom. The van der Waals surface area contributed by atoms with E-state index in [1.54, 1.807) is 29.8 Å². The topological polar surface area (TPSA) is 56.5 Å². The Balaban J connectivity index is 2.47. The summed E-state index contributed by atoms with van der Waals surface area (Å²) < 4.78 is 6.40. The number of alkyl halides is 1. The summed E-state index contributed by atoms with van der Waals surface area (Å²) in [6.45, 7) is 2.07. The molecule has 2 heterocycles. The van der Waals surface area contributed by atoms with Gasteiger partial charge in [0.05, 0.1) is 18.2 Å². The number of nitrogens with zero attached hydrogens (tertiary/aromatic N) is 3. The number of aromatic nitrogens is 3. The Kier molecular flexibility index (Phi) is 3.05. The Hall–Kier alpha value is -1.62. The second-order valence-electron chi connectivity index (χ2n) is 3.09. The molecule has 0 N–H and O–H groups in total. The van der Waals surface area contributed by atoms with E-state index in [4.69, 9.17) is 16.3 Å². The van der Waals surface area contributed by atoms with Crippen molar-refractivity contribution in [3.05, 3.63) is 29.7 Å². The van der Waals surface area contributed by atoms with Crippen LogP contribution in [0.5, 0.6) is 0 Å². The van der Waals surface area contributed by atoms with E-state index in [1.165, 1.54) is 0 Å². The Labute approximate surface area is 97.0 Å². The molecule has 0 saturated carbocycles. The minimum Gasteiger partial charge on any atom is -0.461 e. The van der Waals surface area contributed by atoms with Crippen LogP contribution >= 0.6 is 11.6 Å². The number of fused-ring (bicyclic) bond motifs is 1. The summed E-state index contributed by atoms with van der Waals surface area (Å²) >= 11 is 5.75.